The maximum Gasteiger partial charge on any atom is 0.331 e. The molecule has 1 unspecified atom stereocenters. The van der Waals surface area contributed by atoms with E-state index in [4.69, 9.17) is 4.98 Å². The molecule has 140 valence electrons. The van der Waals surface area contributed by atoms with E-state index in [1.54, 1.807) is 9.47 Å². The van der Waals surface area contributed by atoms with Gasteiger partial charge in [-0.15, -0.1) is 0 Å². The van der Waals surface area contributed by atoms with Gasteiger partial charge in [0.1, 0.15) is 0 Å². The van der Waals surface area contributed by atoms with Crippen LogP contribution in [0.4, 0.5) is 16.4 Å². The molecule has 1 N–H and O–H groups in total. The fraction of sp³-hybridized carbons (Fsp3) is 0.333. The molecule has 6 nitrogen and oxygen atoms in total. The Morgan fingerprint density at radius 2 is 1.85 bits per heavy atom. The van der Waals surface area contributed by atoms with Crippen LogP contribution in [-0.2, 0) is 0 Å². The third-order valence-corrected chi connectivity index (χ3v) is 5.35. The highest BCUT2D eigenvalue weighted by Gasteiger charge is 2.31. The minimum atomic E-state index is -0.0279. The fourth-order valence-electron chi connectivity index (χ4n) is 3.72. The molecule has 1 amide bonds. The van der Waals surface area contributed by atoms with Gasteiger partial charge < -0.3 is 15.1 Å². The summed E-state index contributed by atoms with van der Waals surface area (Å²) in [6.45, 7) is 3.61. The zero-order chi connectivity index (χ0) is 19.0. The molecule has 4 rings (SSSR count). The van der Waals surface area contributed by atoms with Crippen LogP contribution in [0.15, 0.2) is 48.5 Å². The average molecular weight is 363 g/mol. The molecule has 27 heavy (non-hydrogen) atoms. The number of nitrogens with one attached hydrogen (secondary N) is 1. The molecule has 1 aromatic heterocycles. The minimum absolute atomic E-state index is 0.0279. The number of amides is 1. The van der Waals surface area contributed by atoms with Gasteiger partial charge in [-0.2, -0.15) is 0 Å². The third-order valence-electron chi connectivity index (χ3n) is 5.35. The lowest BCUT2D eigenvalue weighted by Gasteiger charge is -2.28. The van der Waals surface area contributed by atoms with E-state index < -0.39 is 0 Å². The van der Waals surface area contributed by atoms with Gasteiger partial charge in [0.15, 0.2) is 0 Å². The normalized spacial score (nSPS) is 17.1. The largest absolute Gasteiger partial charge is 0.385 e. The highest BCUT2D eigenvalue weighted by atomic mass is 16.2. The molecular weight excluding hydrogens is 338 g/mol. The van der Waals surface area contributed by atoms with E-state index in [1.165, 1.54) is 5.56 Å². The van der Waals surface area contributed by atoms with Crippen LogP contribution < -0.4 is 10.2 Å². The lowest BCUT2D eigenvalue weighted by molar-refractivity contribution is 0.211. The summed E-state index contributed by atoms with van der Waals surface area (Å²) in [6.07, 6.45) is 0.908. The van der Waals surface area contributed by atoms with E-state index in [9.17, 15) is 4.79 Å². The van der Waals surface area contributed by atoms with E-state index in [0.29, 0.717) is 12.5 Å². The van der Waals surface area contributed by atoms with Crippen molar-refractivity contribution in [3.63, 3.8) is 0 Å². The number of para-hydroxylation sites is 3. The number of likely N-dealkylation sites (N-methyl/N-ethyl adjacent to an activating group) is 2. The Morgan fingerprint density at radius 1 is 1.11 bits per heavy atom. The van der Waals surface area contributed by atoms with Gasteiger partial charge in [0.05, 0.1) is 17.1 Å². The number of fused-ring (bicyclic) bond motifs is 3. The van der Waals surface area contributed by atoms with Crippen LogP contribution in [0.5, 0.6) is 0 Å². The van der Waals surface area contributed by atoms with Gasteiger partial charge in [0, 0.05) is 32.9 Å². The zero-order valence-corrected chi connectivity index (χ0v) is 16.0. The number of carbonyl (C=O) groups excluding carboxylic acids is 1. The minimum Gasteiger partial charge on any atom is -0.385 e. The second-order valence-electron chi connectivity index (χ2n) is 7.19. The highest BCUT2D eigenvalue weighted by molar-refractivity contribution is 5.93. The number of aryl methyl sites for hydroxylation is 1. The van der Waals surface area contributed by atoms with Crippen molar-refractivity contribution in [1.82, 2.24) is 14.5 Å². The quantitative estimate of drug-likeness (QED) is 0.770. The Bertz CT molecular complexity index is 980. The van der Waals surface area contributed by atoms with Crippen molar-refractivity contribution in [3.05, 3.63) is 54.1 Å². The Hall–Kier alpha value is -3.02. The number of rotatable bonds is 4. The standard InChI is InChI=1S/C21H25N5O/c1-15-8-4-5-9-17(15)22-13-12-16-14-24(2)21(27)26-19-11-7-6-10-18(19)23-20(26)25(16)3/h4-11,16,22H,12-14H2,1-3H3. The Labute approximate surface area is 159 Å². The Balaban J connectivity index is 1.58. The van der Waals surface area contributed by atoms with Crippen LogP contribution in [0.3, 0.4) is 0 Å². The van der Waals surface area contributed by atoms with E-state index >= 15 is 0 Å². The smallest absolute Gasteiger partial charge is 0.331 e. The number of nitrogens with zero attached hydrogens (tertiary/aromatic N) is 4. The van der Waals surface area contributed by atoms with E-state index in [2.05, 4.69) is 29.3 Å². The van der Waals surface area contributed by atoms with Crippen molar-refractivity contribution >= 4 is 28.7 Å². The van der Waals surface area contributed by atoms with Crippen molar-refractivity contribution in [2.75, 3.05) is 37.4 Å². The first kappa shape index (κ1) is 17.4. The number of hydrogen-bond acceptors (Lipinski definition) is 4. The van der Waals surface area contributed by atoms with E-state index in [1.807, 2.05) is 50.5 Å². The molecule has 2 heterocycles. The third kappa shape index (κ3) is 3.12. The van der Waals surface area contributed by atoms with Gasteiger partial charge in [-0.3, -0.25) is 0 Å². The molecule has 0 spiro atoms. The predicted octanol–water partition coefficient (Wildman–Crippen LogP) is 3.57. The topological polar surface area (TPSA) is 53.4 Å². The monoisotopic (exact) mass is 363 g/mol. The van der Waals surface area contributed by atoms with Crippen molar-refractivity contribution in [2.24, 2.45) is 0 Å². The molecule has 0 aliphatic carbocycles. The zero-order valence-electron chi connectivity index (χ0n) is 16.0. The van der Waals surface area contributed by atoms with Crippen molar-refractivity contribution in [2.45, 2.75) is 19.4 Å². The first-order valence-corrected chi connectivity index (χ1v) is 9.31. The van der Waals surface area contributed by atoms with Crippen LogP contribution in [0, 0.1) is 6.92 Å². The summed E-state index contributed by atoms with van der Waals surface area (Å²) < 4.78 is 1.73. The van der Waals surface area contributed by atoms with Gasteiger partial charge in [-0.05, 0) is 37.1 Å². The van der Waals surface area contributed by atoms with Crippen LogP contribution in [0.1, 0.15) is 12.0 Å². The average Bonchev–Trinajstić information content (AvgIpc) is 3.03. The number of imidazole rings is 1. The summed E-state index contributed by atoms with van der Waals surface area (Å²) in [5, 5.41) is 3.52. The molecule has 3 aromatic rings. The SMILES string of the molecule is Cc1ccccc1NCCC1CN(C)C(=O)n2c(nc3ccccc32)N1C. The molecular formula is C21H25N5O. The van der Waals surface area contributed by atoms with E-state index in [0.717, 1.165) is 29.7 Å². The van der Waals surface area contributed by atoms with Gasteiger partial charge in [0.2, 0.25) is 5.95 Å². The molecule has 2 aromatic carbocycles. The van der Waals surface area contributed by atoms with Crippen molar-refractivity contribution in [3.8, 4) is 0 Å². The Kier molecular flexibility index (Phi) is 4.48. The lowest BCUT2D eigenvalue weighted by atomic mass is 10.1. The van der Waals surface area contributed by atoms with Crippen LogP contribution in [-0.4, -0.2) is 53.7 Å². The molecule has 1 aliphatic heterocycles. The highest BCUT2D eigenvalue weighted by Crippen LogP contribution is 2.27. The van der Waals surface area contributed by atoms with Gasteiger partial charge in [-0.25, -0.2) is 14.3 Å². The molecule has 0 radical (unpaired) electrons. The lowest BCUT2D eigenvalue weighted by Crippen LogP contribution is -2.41. The molecule has 1 aliphatic rings. The summed E-state index contributed by atoms with van der Waals surface area (Å²) in [4.78, 5) is 21.6. The summed E-state index contributed by atoms with van der Waals surface area (Å²) in [6, 6.07) is 16.3. The van der Waals surface area contributed by atoms with Crippen molar-refractivity contribution in [1.29, 1.82) is 0 Å². The first-order chi connectivity index (χ1) is 13.1. The number of benzene rings is 2. The fourth-order valence-corrected chi connectivity index (χ4v) is 3.72. The number of anilines is 2. The number of aromatic nitrogens is 2. The summed E-state index contributed by atoms with van der Waals surface area (Å²) in [7, 11) is 3.89. The van der Waals surface area contributed by atoms with Crippen molar-refractivity contribution < 1.29 is 4.79 Å². The van der Waals surface area contributed by atoms with Crippen LogP contribution in [0.2, 0.25) is 0 Å². The van der Waals surface area contributed by atoms with E-state index in [-0.39, 0.29) is 12.1 Å². The summed E-state index contributed by atoms with van der Waals surface area (Å²) in [5.74, 6) is 0.714. The molecule has 0 bridgehead atoms. The molecule has 1 atom stereocenters. The molecule has 6 heteroatoms. The van der Waals surface area contributed by atoms with Gasteiger partial charge >= 0.3 is 6.03 Å². The first-order valence-electron chi connectivity index (χ1n) is 9.31. The number of hydrogen-bond donors (Lipinski definition) is 1. The summed E-state index contributed by atoms with van der Waals surface area (Å²) >= 11 is 0. The maximum absolute atomic E-state index is 12.9. The maximum atomic E-state index is 12.9. The second kappa shape index (κ2) is 6.95. The predicted molar refractivity (Wildman–Crippen MR) is 110 cm³/mol. The van der Waals surface area contributed by atoms with Gasteiger partial charge in [-0.1, -0.05) is 30.3 Å². The Morgan fingerprint density at radius 3 is 2.67 bits per heavy atom. The van der Waals surface area contributed by atoms with Gasteiger partial charge in [0.25, 0.3) is 0 Å². The molecule has 0 saturated carbocycles. The molecule has 0 saturated heterocycles. The van der Waals surface area contributed by atoms with Crippen LogP contribution >= 0.6 is 0 Å². The summed E-state index contributed by atoms with van der Waals surface area (Å²) in [5.41, 5.74) is 4.10. The number of carbonyl (C=O) groups is 1. The molecule has 0 fully saturated rings. The van der Waals surface area contributed by atoms with Crippen LogP contribution in [0.25, 0.3) is 11.0 Å². The second-order valence-corrected chi connectivity index (χ2v) is 7.19.